The number of imide groups is 1. The number of fused-ring (bicyclic) bond motifs is 1. The Balaban J connectivity index is 1.86. The smallest absolute Gasteiger partial charge is 0.261 e. The summed E-state index contributed by atoms with van der Waals surface area (Å²) in [6.45, 7) is 6.93. The van der Waals surface area contributed by atoms with Gasteiger partial charge in [0.25, 0.3) is 17.7 Å². The highest BCUT2D eigenvalue weighted by atomic mass is 16.3. The van der Waals surface area contributed by atoms with Gasteiger partial charge >= 0.3 is 0 Å². The number of rotatable bonds is 8. The zero-order valence-corrected chi connectivity index (χ0v) is 16.6. The summed E-state index contributed by atoms with van der Waals surface area (Å²) in [5.74, 6) is -0.321. The minimum absolute atomic E-state index is 0.0815. The zero-order valence-electron chi connectivity index (χ0n) is 16.6. The Labute approximate surface area is 165 Å². The Kier molecular flexibility index (Phi) is 5.97. The van der Waals surface area contributed by atoms with Crippen LogP contribution in [0.25, 0.3) is 0 Å². The summed E-state index contributed by atoms with van der Waals surface area (Å²) in [6, 6.07) is 8.32. The number of furan rings is 1. The number of unbranched alkanes of at least 4 members (excludes halogenated alkanes) is 1. The van der Waals surface area contributed by atoms with Crippen molar-refractivity contribution in [2.75, 3.05) is 6.54 Å². The molecular formula is C22H26N2O4. The van der Waals surface area contributed by atoms with Crippen LogP contribution >= 0.6 is 0 Å². The molecule has 1 aliphatic heterocycles. The molecule has 1 aromatic carbocycles. The topological polar surface area (TPSA) is 70.8 Å². The summed E-state index contributed by atoms with van der Waals surface area (Å²) in [6.07, 6.45) is 4.29. The summed E-state index contributed by atoms with van der Waals surface area (Å²) < 4.78 is 5.25. The number of nitrogens with zero attached hydrogens (tertiary/aromatic N) is 2. The molecule has 1 atom stereocenters. The maximum absolute atomic E-state index is 13.1. The third kappa shape index (κ3) is 3.72. The molecular weight excluding hydrogens is 356 g/mol. The second-order valence-electron chi connectivity index (χ2n) is 7.15. The van der Waals surface area contributed by atoms with E-state index in [0.29, 0.717) is 23.4 Å². The molecule has 2 aromatic rings. The van der Waals surface area contributed by atoms with E-state index in [9.17, 15) is 14.4 Å². The predicted octanol–water partition coefficient (Wildman–Crippen LogP) is 4.12. The summed E-state index contributed by atoms with van der Waals surface area (Å²) in [5, 5.41) is 0. The van der Waals surface area contributed by atoms with Crippen molar-refractivity contribution in [2.45, 2.75) is 52.6 Å². The van der Waals surface area contributed by atoms with Crippen molar-refractivity contribution in [3.05, 3.63) is 59.0 Å². The molecule has 148 valence electrons. The lowest BCUT2D eigenvalue weighted by Gasteiger charge is -2.28. The SMILES string of the molecule is CCCCN(C(=O)c1ccc2c(c1)C(=O)N(Cc1ccco1)C2=O)C(C)CC. The fourth-order valence-corrected chi connectivity index (χ4v) is 3.36. The molecule has 3 amide bonds. The highest BCUT2D eigenvalue weighted by Gasteiger charge is 2.36. The highest BCUT2D eigenvalue weighted by Crippen LogP contribution is 2.26. The first-order chi connectivity index (χ1) is 13.5. The van der Waals surface area contributed by atoms with E-state index in [0.717, 1.165) is 24.2 Å². The zero-order chi connectivity index (χ0) is 20.3. The van der Waals surface area contributed by atoms with E-state index >= 15 is 0 Å². The van der Waals surface area contributed by atoms with Gasteiger partial charge in [0.2, 0.25) is 0 Å². The van der Waals surface area contributed by atoms with Crippen LogP contribution in [0.3, 0.4) is 0 Å². The lowest BCUT2D eigenvalue weighted by Crippen LogP contribution is -2.39. The molecule has 0 fully saturated rings. The molecule has 0 saturated heterocycles. The van der Waals surface area contributed by atoms with Crippen molar-refractivity contribution >= 4 is 17.7 Å². The number of amides is 3. The molecule has 1 unspecified atom stereocenters. The third-order valence-electron chi connectivity index (χ3n) is 5.25. The number of benzene rings is 1. The van der Waals surface area contributed by atoms with Crippen LogP contribution in [0.2, 0.25) is 0 Å². The summed E-state index contributed by atoms with van der Waals surface area (Å²) in [5.41, 5.74) is 1.05. The van der Waals surface area contributed by atoms with Crippen molar-refractivity contribution in [3.63, 3.8) is 0 Å². The van der Waals surface area contributed by atoms with E-state index in [1.54, 1.807) is 30.3 Å². The Morgan fingerprint density at radius 3 is 2.54 bits per heavy atom. The second-order valence-corrected chi connectivity index (χ2v) is 7.15. The Morgan fingerprint density at radius 1 is 1.14 bits per heavy atom. The van der Waals surface area contributed by atoms with Crippen molar-refractivity contribution < 1.29 is 18.8 Å². The van der Waals surface area contributed by atoms with Crippen molar-refractivity contribution in [1.82, 2.24) is 9.80 Å². The van der Waals surface area contributed by atoms with Gasteiger partial charge in [0.05, 0.1) is 23.9 Å². The first-order valence-electron chi connectivity index (χ1n) is 9.81. The molecule has 0 radical (unpaired) electrons. The standard InChI is InChI=1S/C22H26N2O4/c1-4-6-11-23(15(3)5-2)20(25)16-9-10-18-19(13-16)22(27)24(21(18)26)14-17-8-7-12-28-17/h7-10,12-13,15H,4-6,11,14H2,1-3H3. The van der Waals surface area contributed by atoms with Crippen LogP contribution in [0.4, 0.5) is 0 Å². The van der Waals surface area contributed by atoms with Crippen molar-refractivity contribution in [2.24, 2.45) is 0 Å². The number of carbonyl (C=O) groups is 3. The van der Waals surface area contributed by atoms with Gasteiger partial charge in [0.15, 0.2) is 0 Å². The van der Waals surface area contributed by atoms with E-state index in [-0.39, 0.29) is 30.0 Å². The lowest BCUT2D eigenvalue weighted by molar-refractivity contribution is 0.0630. The minimum atomic E-state index is -0.394. The van der Waals surface area contributed by atoms with Gasteiger partial charge in [-0.1, -0.05) is 20.3 Å². The predicted molar refractivity (Wildman–Crippen MR) is 105 cm³/mol. The average molecular weight is 382 g/mol. The molecule has 3 rings (SSSR count). The molecule has 0 N–H and O–H groups in total. The van der Waals surface area contributed by atoms with Gasteiger partial charge in [-0.25, -0.2) is 0 Å². The quantitative estimate of drug-likeness (QED) is 0.644. The van der Waals surface area contributed by atoms with Crippen LogP contribution < -0.4 is 0 Å². The van der Waals surface area contributed by atoms with Gasteiger partial charge in [-0.15, -0.1) is 0 Å². The molecule has 6 nitrogen and oxygen atoms in total. The third-order valence-corrected chi connectivity index (χ3v) is 5.25. The summed E-state index contributed by atoms with van der Waals surface area (Å²) >= 11 is 0. The first kappa shape index (κ1) is 19.9. The van der Waals surface area contributed by atoms with E-state index in [1.165, 1.54) is 6.26 Å². The fraction of sp³-hybridized carbons (Fsp3) is 0.409. The van der Waals surface area contributed by atoms with Gasteiger partial charge in [-0.2, -0.15) is 0 Å². The van der Waals surface area contributed by atoms with Crippen LogP contribution in [0.1, 0.15) is 76.9 Å². The van der Waals surface area contributed by atoms with Gasteiger partial charge in [0.1, 0.15) is 5.76 Å². The molecule has 0 bridgehead atoms. The Bertz CT molecular complexity index is 873. The Hall–Kier alpha value is -2.89. The lowest BCUT2D eigenvalue weighted by atomic mass is 10.0. The maximum atomic E-state index is 13.1. The molecule has 1 aromatic heterocycles. The highest BCUT2D eigenvalue weighted by molar-refractivity contribution is 6.22. The molecule has 1 aliphatic rings. The minimum Gasteiger partial charge on any atom is -0.467 e. The molecule has 6 heteroatoms. The molecule has 0 spiro atoms. The van der Waals surface area contributed by atoms with Crippen LogP contribution in [0, 0.1) is 0 Å². The van der Waals surface area contributed by atoms with Crippen molar-refractivity contribution in [3.8, 4) is 0 Å². The molecule has 2 heterocycles. The van der Waals surface area contributed by atoms with Gasteiger partial charge in [-0.05, 0) is 50.1 Å². The summed E-state index contributed by atoms with van der Waals surface area (Å²) in [7, 11) is 0. The maximum Gasteiger partial charge on any atom is 0.261 e. The largest absolute Gasteiger partial charge is 0.467 e. The second kappa shape index (κ2) is 8.42. The van der Waals surface area contributed by atoms with Crippen LogP contribution in [0.5, 0.6) is 0 Å². The van der Waals surface area contributed by atoms with E-state index < -0.39 is 5.91 Å². The number of hydrogen-bond donors (Lipinski definition) is 0. The van der Waals surface area contributed by atoms with Crippen molar-refractivity contribution in [1.29, 1.82) is 0 Å². The van der Waals surface area contributed by atoms with Crippen LogP contribution in [-0.4, -0.2) is 40.1 Å². The average Bonchev–Trinajstić information content (AvgIpc) is 3.30. The van der Waals surface area contributed by atoms with E-state index in [1.807, 2.05) is 18.7 Å². The molecule has 28 heavy (non-hydrogen) atoms. The van der Waals surface area contributed by atoms with Crippen LogP contribution in [-0.2, 0) is 6.54 Å². The fourth-order valence-electron chi connectivity index (χ4n) is 3.36. The van der Waals surface area contributed by atoms with Gasteiger partial charge in [-0.3, -0.25) is 19.3 Å². The Morgan fingerprint density at radius 2 is 1.89 bits per heavy atom. The van der Waals surface area contributed by atoms with Crippen LogP contribution in [0.15, 0.2) is 41.0 Å². The van der Waals surface area contributed by atoms with E-state index in [4.69, 9.17) is 4.42 Å². The number of carbonyl (C=O) groups excluding carboxylic acids is 3. The van der Waals surface area contributed by atoms with Gasteiger partial charge < -0.3 is 9.32 Å². The molecule has 0 saturated carbocycles. The molecule has 0 aliphatic carbocycles. The van der Waals surface area contributed by atoms with Gasteiger partial charge in [0, 0.05) is 18.2 Å². The normalized spacial score (nSPS) is 14.3. The summed E-state index contributed by atoms with van der Waals surface area (Å²) in [4.78, 5) is 41.5. The van der Waals surface area contributed by atoms with E-state index in [2.05, 4.69) is 6.92 Å². The number of hydrogen-bond acceptors (Lipinski definition) is 4. The monoisotopic (exact) mass is 382 g/mol. The first-order valence-corrected chi connectivity index (χ1v) is 9.81.